The number of benzene rings is 2. The summed E-state index contributed by atoms with van der Waals surface area (Å²) in [5, 5.41) is 4.61. The first kappa shape index (κ1) is 15.8. The van der Waals surface area contributed by atoms with Gasteiger partial charge in [0.05, 0.1) is 12.6 Å². The average molecular weight is 333 g/mol. The molecule has 1 aliphatic rings. The van der Waals surface area contributed by atoms with E-state index in [-0.39, 0.29) is 0 Å². The van der Waals surface area contributed by atoms with Crippen LogP contribution in [0.15, 0.2) is 48.5 Å². The lowest BCUT2D eigenvalue weighted by Crippen LogP contribution is -2.17. The monoisotopic (exact) mass is 333 g/mol. The van der Waals surface area contributed by atoms with E-state index in [0.29, 0.717) is 0 Å². The van der Waals surface area contributed by atoms with E-state index in [1.165, 1.54) is 31.6 Å². The molecule has 128 valence electrons. The number of nitrogens with zero attached hydrogens (tertiary/aromatic N) is 2. The highest BCUT2D eigenvalue weighted by atomic mass is 16.5. The Balaban J connectivity index is 1.65. The maximum Gasteiger partial charge on any atom is 0.119 e. The molecule has 0 amide bonds. The number of aromatic nitrogens is 1. The second-order valence-electron chi connectivity index (χ2n) is 6.56. The molecular formula is C21H23N3O. The Morgan fingerprint density at radius 1 is 1.00 bits per heavy atom. The molecule has 0 spiro atoms. The van der Waals surface area contributed by atoms with Crippen molar-refractivity contribution in [2.75, 3.05) is 30.4 Å². The molecule has 0 radical (unpaired) electrons. The van der Waals surface area contributed by atoms with Gasteiger partial charge in [-0.05, 0) is 68.3 Å². The van der Waals surface area contributed by atoms with Crippen molar-refractivity contribution in [3.63, 3.8) is 0 Å². The van der Waals surface area contributed by atoms with Gasteiger partial charge >= 0.3 is 0 Å². The molecule has 0 atom stereocenters. The van der Waals surface area contributed by atoms with Crippen molar-refractivity contribution in [3.8, 4) is 5.75 Å². The van der Waals surface area contributed by atoms with E-state index in [0.717, 1.165) is 33.7 Å². The molecule has 0 aliphatic carbocycles. The minimum absolute atomic E-state index is 0.839. The summed E-state index contributed by atoms with van der Waals surface area (Å²) in [6, 6.07) is 16.8. The third kappa shape index (κ3) is 3.25. The quantitative estimate of drug-likeness (QED) is 0.737. The third-order valence-corrected chi connectivity index (χ3v) is 4.76. The summed E-state index contributed by atoms with van der Waals surface area (Å²) in [5.74, 6) is 0.839. The minimum atomic E-state index is 0.839. The van der Waals surface area contributed by atoms with Crippen molar-refractivity contribution < 1.29 is 4.74 Å². The molecule has 1 aliphatic heterocycles. The number of hydrogen-bond acceptors (Lipinski definition) is 4. The summed E-state index contributed by atoms with van der Waals surface area (Å²) in [7, 11) is 1.69. The van der Waals surface area contributed by atoms with Gasteiger partial charge in [0.25, 0.3) is 0 Å². The molecule has 4 heteroatoms. The molecular weight excluding hydrogens is 310 g/mol. The van der Waals surface area contributed by atoms with Crippen LogP contribution in [0.1, 0.15) is 18.5 Å². The van der Waals surface area contributed by atoms with Crippen molar-refractivity contribution in [2.45, 2.75) is 19.8 Å². The van der Waals surface area contributed by atoms with Crippen molar-refractivity contribution in [1.29, 1.82) is 0 Å². The lowest BCUT2D eigenvalue weighted by atomic mass is 10.1. The van der Waals surface area contributed by atoms with Crippen LogP contribution in [0.4, 0.5) is 17.1 Å². The van der Waals surface area contributed by atoms with Gasteiger partial charge in [0.15, 0.2) is 0 Å². The van der Waals surface area contributed by atoms with Gasteiger partial charge in [-0.25, -0.2) is 0 Å². The first-order chi connectivity index (χ1) is 12.2. The zero-order chi connectivity index (χ0) is 17.2. The zero-order valence-corrected chi connectivity index (χ0v) is 14.7. The number of hydrogen-bond donors (Lipinski definition) is 1. The second kappa shape index (κ2) is 6.63. The van der Waals surface area contributed by atoms with Crippen LogP contribution in [0.25, 0.3) is 10.9 Å². The molecule has 4 nitrogen and oxygen atoms in total. The van der Waals surface area contributed by atoms with Gasteiger partial charge in [-0.1, -0.05) is 0 Å². The maximum absolute atomic E-state index is 5.37. The second-order valence-corrected chi connectivity index (χ2v) is 6.56. The molecule has 2 aromatic carbocycles. The summed E-state index contributed by atoms with van der Waals surface area (Å²) in [5.41, 5.74) is 5.40. The third-order valence-electron chi connectivity index (χ3n) is 4.76. The number of aryl methyl sites for hydroxylation is 1. The number of methoxy groups -OCH3 is 1. The van der Waals surface area contributed by atoms with Gasteiger partial charge in [-0.3, -0.25) is 4.98 Å². The summed E-state index contributed by atoms with van der Waals surface area (Å²) < 4.78 is 5.37. The van der Waals surface area contributed by atoms with Gasteiger partial charge in [0.1, 0.15) is 5.75 Å². The number of fused-ring (bicyclic) bond motifs is 1. The van der Waals surface area contributed by atoms with Crippen LogP contribution in [0.5, 0.6) is 5.75 Å². The van der Waals surface area contributed by atoms with Crippen LogP contribution in [-0.2, 0) is 0 Å². The fourth-order valence-electron chi connectivity index (χ4n) is 3.45. The molecule has 1 aromatic heterocycles. The maximum atomic E-state index is 5.37. The number of anilines is 3. The summed E-state index contributed by atoms with van der Waals surface area (Å²) in [6.45, 7) is 4.35. The van der Waals surface area contributed by atoms with Gasteiger partial charge < -0.3 is 15.0 Å². The van der Waals surface area contributed by atoms with E-state index in [2.05, 4.69) is 45.5 Å². The van der Waals surface area contributed by atoms with Crippen LogP contribution in [0.3, 0.4) is 0 Å². The minimum Gasteiger partial charge on any atom is -0.497 e. The Labute approximate surface area is 148 Å². The Morgan fingerprint density at radius 2 is 1.76 bits per heavy atom. The lowest BCUT2D eigenvalue weighted by molar-refractivity contribution is 0.415. The van der Waals surface area contributed by atoms with Crippen molar-refractivity contribution in [1.82, 2.24) is 4.98 Å². The molecule has 1 saturated heterocycles. The highest BCUT2D eigenvalue weighted by Gasteiger charge is 2.12. The van der Waals surface area contributed by atoms with E-state index in [9.17, 15) is 0 Å². The lowest BCUT2D eigenvalue weighted by Gasteiger charge is -2.18. The topological polar surface area (TPSA) is 37.4 Å². The van der Waals surface area contributed by atoms with E-state index >= 15 is 0 Å². The van der Waals surface area contributed by atoms with Crippen LogP contribution >= 0.6 is 0 Å². The molecule has 1 N–H and O–H groups in total. The van der Waals surface area contributed by atoms with E-state index in [1.807, 2.05) is 25.1 Å². The van der Waals surface area contributed by atoms with Crippen molar-refractivity contribution >= 4 is 28.0 Å². The van der Waals surface area contributed by atoms with Crippen LogP contribution in [0, 0.1) is 6.92 Å². The smallest absolute Gasteiger partial charge is 0.119 e. The Kier molecular flexibility index (Phi) is 4.18. The van der Waals surface area contributed by atoms with E-state index < -0.39 is 0 Å². The normalized spacial score (nSPS) is 14.1. The Bertz CT molecular complexity index is 884. The Hall–Kier alpha value is -2.75. The van der Waals surface area contributed by atoms with Crippen molar-refractivity contribution in [2.24, 2.45) is 0 Å². The molecule has 0 bridgehead atoms. The predicted molar refractivity (Wildman–Crippen MR) is 104 cm³/mol. The number of nitrogens with one attached hydrogen (secondary N) is 1. The standard InChI is InChI=1S/C21H23N3O/c1-15-13-21(19-14-18(25-2)9-10-20(19)22-15)23-16-5-7-17(8-6-16)24-11-3-4-12-24/h5-10,13-14H,3-4,11-12H2,1-2H3,(H,22,23). The molecule has 2 heterocycles. The summed E-state index contributed by atoms with van der Waals surface area (Å²) in [6.07, 6.45) is 2.59. The Morgan fingerprint density at radius 3 is 2.48 bits per heavy atom. The van der Waals surface area contributed by atoms with Crippen molar-refractivity contribution in [3.05, 3.63) is 54.2 Å². The fraction of sp³-hybridized carbons (Fsp3) is 0.286. The molecule has 3 aromatic rings. The van der Waals surface area contributed by atoms with Gasteiger partial charge in [-0.15, -0.1) is 0 Å². The van der Waals surface area contributed by atoms with Gasteiger partial charge in [-0.2, -0.15) is 0 Å². The molecule has 0 unspecified atom stereocenters. The van der Waals surface area contributed by atoms with Crippen LogP contribution < -0.4 is 15.0 Å². The predicted octanol–water partition coefficient (Wildman–Crippen LogP) is 4.90. The van der Waals surface area contributed by atoms with E-state index in [1.54, 1.807) is 7.11 Å². The van der Waals surface area contributed by atoms with Gasteiger partial charge in [0.2, 0.25) is 0 Å². The van der Waals surface area contributed by atoms with Crippen LogP contribution in [0.2, 0.25) is 0 Å². The average Bonchev–Trinajstić information content (AvgIpc) is 3.16. The number of ether oxygens (including phenoxy) is 1. The highest BCUT2D eigenvalue weighted by molar-refractivity contribution is 5.94. The highest BCUT2D eigenvalue weighted by Crippen LogP contribution is 2.30. The van der Waals surface area contributed by atoms with E-state index in [4.69, 9.17) is 4.74 Å². The fourth-order valence-corrected chi connectivity index (χ4v) is 3.45. The zero-order valence-electron chi connectivity index (χ0n) is 14.7. The van der Waals surface area contributed by atoms with Gasteiger partial charge in [0, 0.05) is 41.2 Å². The largest absolute Gasteiger partial charge is 0.497 e. The SMILES string of the molecule is COc1ccc2nc(C)cc(Nc3ccc(N4CCCC4)cc3)c2c1. The molecule has 25 heavy (non-hydrogen) atoms. The molecule has 4 rings (SSSR count). The number of pyridine rings is 1. The van der Waals surface area contributed by atoms with Crippen LogP contribution in [-0.4, -0.2) is 25.2 Å². The molecule has 0 saturated carbocycles. The number of rotatable bonds is 4. The first-order valence-corrected chi connectivity index (χ1v) is 8.80. The summed E-state index contributed by atoms with van der Waals surface area (Å²) in [4.78, 5) is 7.06. The summed E-state index contributed by atoms with van der Waals surface area (Å²) >= 11 is 0. The molecule has 1 fully saturated rings. The first-order valence-electron chi connectivity index (χ1n) is 8.80.